The highest BCUT2D eigenvalue weighted by molar-refractivity contribution is 5.14. The largest absolute Gasteiger partial charge is 0.311 e. The van der Waals surface area contributed by atoms with Crippen molar-refractivity contribution in [2.45, 2.75) is 45.6 Å². The third-order valence-electron chi connectivity index (χ3n) is 3.25. The lowest BCUT2D eigenvalue weighted by Crippen LogP contribution is -2.40. The third-order valence-corrected chi connectivity index (χ3v) is 3.25. The van der Waals surface area contributed by atoms with Gasteiger partial charge in [-0.2, -0.15) is 0 Å². The van der Waals surface area contributed by atoms with Gasteiger partial charge in [0.2, 0.25) is 0 Å². The fraction of sp³-hybridized carbons (Fsp3) is 0.647. The van der Waals surface area contributed by atoms with Gasteiger partial charge in [0, 0.05) is 18.6 Å². The molecule has 0 aliphatic rings. The smallest absolute Gasteiger partial charge is 0.0104 e. The summed E-state index contributed by atoms with van der Waals surface area (Å²) < 4.78 is 0. The predicted octanol–water partition coefficient (Wildman–Crippen LogP) is 3.33. The Bertz CT molecular complexity index is 327. The first kappa shape index (κ1) is 16.2. The minimum Gasteiger partial charge on any atom is -0.311 e. The Morgan fingerprint density at radius 2 is 1.68 bits per heavy atom. The predicted molar refractivity (Wildman–Crippen MR) is 84.6 cm³/mol. The minimum atomic E-state index is 0.230. The van der Waals surface area contributed by atoms with E-state index >= 15 is 0 Å². The average molecular weight is 262 g/mol. The molecule has 2 heteroatoms. The highest BCUT2D eigenvalue weighted by Gasteiger charge is 2.08. The standard InChI is InChI=1S/C17H30N2/c1-17(2,3)18-13-15-19(4)14-9-8-12-16-10-6-5-7-11-16/h5-7,10-11,18H,8-9,12-15H2,1-4H3. The number of benzene rings is 1. The van der Waals surface area contributed by atoms with E-state index in [1.165, 1.54) is 31.4 Å². The van der Waals surface area contributed by atoms with E-state index in [0.29, 0.717) is 0 Å². The fourth-order valence-electron chi connectivity index (χ4n) is 2.09. The van der Waals surface area contributed by atoms with Crippen molar-refractivity contribution in [1.29, 1.82) is 0 Å². The number of nitrogens with one attached hydrogen (secondary N) is 1. The number of unbranched alkanes of at least 4 members (excludes halogenated alkanes) is 1. The topological polar surface area (TPSA) is 15.3 Å². The molecule has 0 aliphatic carbocycles. The van der Waals surface area contributed by atoms with Crippen molar-refractivity contribution in [3.63, 3.8) is 0 Å². The van der Waals surface area contributed by atoms with Gasteiger partial charge in [-0.1, -0.05) is 30.3 Å². The maximum absolute atomic E-state index is 3.53. The van der Waals surface area contributed by atoms with Crippen LogP contribution in [0.5, 0.6) is 0 Å². The van der Waals surface area contributed by atoms with E-state index in [0.717, 1.165) is 13.1 Å². The zero-order valence-electron chi connectivity index (χ0n) is 13.1. The zero-order chi connectivity index (χ0) is 14.1. The molecule has 0 saturated carbocycles. The van der Waals surface area contributed by atoms with Crippen LogP contribution in [0.4, 0.5) is 0 Å². The molecule has 1 N–H and O–H groups in total. The number of likely N-dealkylation sites (N-methyl/N-ethyl adjacent to an activating group) is 1. The Hall–Kier alpha value is -0.860. The van der Waals surface area contributed by atoms with Crippen LogP contribution < -0.4 is 5.32 Å². The van der Waals surface area contributed by atoms with Crippen LogP contribution in [0.1, 0.15) is 39.2 Å². The van der Waals surface area contributed by atoms with Gasteiger partial charge in [0.1, 0.15) is 0 Å². The minimum absolute atomic E-state index is 0.230. The molecule has 0 aromatic heterocycles. The Morgan fingerprint density at radius 1 is 1.00 bits per heavy atom. The van der Waals surface area contributed by atoms with Crippen molar-refractivity contribution < 1.29 is 0 Å². The quantitative estimate of drug-likeness (QED) is 0.723. The summed E-state index contributed by atoms with van der Waals surface area (Å²) in [6, 6.07) is 10.8. The second-order valence-corrected chi connectivity index (χ2v) is 6.42. The van der Waals surface area contributed by atoms with Gasteiger partial charge in [0.15, 0.2) is 0 Å². The molecule has 1 aromatic rings. The summed E-state index contributed by atoms with van der Waals surface area (Å²) in [6.45, 7) is 10.0. The summed E-state index contributed by atoms with van der Waals surface area (Å²) in [7, 11) is 2.22. The highest BCUT2D eigenvalue weighted by atomic mass is 15.1. The molecule has 19 heavy (non-hydrogen) atoms. The summed E-state index contributed by atoms with van der Waals surface area (Å²) in [5, 5.41) is 3.53. The summed E-state index contributed by atoms with van der Waals surface area (Å²) in [6.07, 6.45) is 3.76. The summed E-state index contributed by atoms with van der Waals surface area (Å²) in [5.74, 6) is 0. The van der Waals surface area contributed by atoms with Crippen LogP contribution in [-0.4, -0.2) is 37.1 Å². The summed E-state index contributed by atoms with van der Waals surface area (Å²) in [4.78, 5) is 2.42. The van der Waals surface area contributed by atoms with Gasteiger partial charge in [0.05, 0.1) is 0 Å². The molecule has 0 fully saturated rings. The molecule has 0 saturated heterocycles. The molecule has 0 heterocycles. The summed E-state index contributed by atoms with van der Waals surface area (Å²) >= 11 is 0. The van der Waals surface area contributed by atoms with Gasteiger partial charge in [-0.15, -0.1) is 0 Å². The number of aryl methyl sites for hydroxylation is 1. The van der Waals surface area contributed by atoms with Gasteiger partial charge in [-0.25, -0.2) is 0 Å². The number of rotatable bonds is 8. The van der Waals surface area contributed by atoms with Crippen LogP contribution in [0.15, 0.2) is 30.3 Å². The zero-order valence-corrected chi connectivity index (χ0v) is 13.1. The normalized spacial score (nSPS) is 12.1. The second-order valence-electron chi connectivity index (χ2n) is 6.42. The molecule has 1 rings (SSSR count). The molecule has 0 radical (unpaired) electrons. The van der Waals surface area contributed by atoms with Crippen molar-refractivity contribution >= 4 is 0 Å². The number of hydrogen-bond acceptors (Lipinski definition) is 2. The maximum atomic E-state index is 3.53. The molecule has 0 bridgehead atoms. The maximum Gasteiger partial charge on any atom is 0.0104 e. The molecular formula is C17H30N2. The van der Waals surface area contributed by atoms with Crippen LogP contribution >= 0.6 is 0 Å². The summed E-state index contributed by atoms with van der Waals surface area (Å²) in [5.41, 5.74) is 1.69. The molecule has 0 atom stereocenters. The van der Waals surface area contributed by atoms with E-state index in [-0.39, 0.29) is 5.54 Å². The molecule has 108 valence electrons. The first-order chi connectivity index (χ1) is 8.97. The molecule has 0 spiro atoms. The average Bonchev–Trinajstić information content (AvgIpc) is 2.34. The Kier molecular flexibility index (Phi) is 7.11. The van der Waals surface area contributed by atoms with E-state index in [4.69, 9.17) is 0 Å². The van der Waals surface area contributed by atoms with Crippen LogP contribution in [0, 0.1) is 0 Å². The SMILES string of the molecule is CN(CCCCc1ccccc1)CCNC(C)(C)C. The number of nitrogens with zero attached hydrogens (tertiary/aromatic N) is 1. The van der Waals surface area contributed by atoms with E-state index in [1.54, 1.807) is 0 Å². The lowest BCUT2D eigenvalue weighted by Gasteiger charge is -2.23. The van der Waals surface area contributed by atoms with E-state index < -0.39 is 0 Å². The molecular weight excluding hydrogens is 232 g/mol. The Balaban J connectivity index is 2.03. The van der Waals surface area contributed by atoms with Gasteiger partial charge in [0.25, 0.3) is 0 Å². The van der Waals surface area contributed by atoms with Crippen molar-refractivity contribution in [2.75, 3.05) is 26.7 Å². The van der Waals surface area contributed by atoms with Crippen LogP contribution in [0.2, 0.25) is 0 Å². The fourth-order valence-corrected chi connectivity index (χ4v) is 2.09. The lowest BCUT2D eigenvalue weighted by atomic mass is 10.1. The Morgan fingerprint density at radius 3 is 2.32 bits per heavy atom. The van der Waals surface area contributed by atoms with Gasteiger partial charge < -0.3 is 10.2 Å². The highest BCUT2D eigenvalue weighted by Crippen LogP contribution is 2.05. The van der Waals surface area contributed by atoms with E-state index in [9.17, 15) is 0 Å². The molecule has 0 aliphatic heterocycles. The number of hydrogen-bond donors (Lipinski definition) is 1. The van der Waals surface area contributed by atoms with E-state index in [2.05, 4.69) is 68.4 Å². The second kappa shape index (κ2) is 8.34. The third kappa shape index (κ3) is 8.79. The van der Waals surface area contributed by atoms with Crippen LogP contribution in [-0.2, 0) is 6.42 Å². The van der Waals surface area contributed by atoms with Crippen LogP contribution in [0.25, 0.3) is 0 Å². The Labute approximate surface area is 119 Å². The molecule has 0 unspecified atom stereocenters. The van der Waals surface area contributed by atoms with Crippen LogP contribution in [0.3, 0.4) is 0 Å². The lowest BCUT2D eigenvalue weighted by molar-refractivity contribution is 0.304. The molecule has 1 aromatic carbocycles. The monoisotopic (exact) mass is 262 g/mol. The molecule has 0 amide bonds. The van der Waals surface area contributed by atoms with Crippen molar-refractivity contribution in [3.05, 3.63) is 35.9 Å². The van der Waals surface area contributed by atoms with Crippen molar-refractivity contribution in [3.8, 4) is 0 Å². The van der Waals surface area contributed by atoms with E-state index in [1.807, 2.05) is 0 Å². The van der Waals surface area contributed by atoms with Crippen molar-refractivity contribution in [1.82, 2.24) is 10.2 Å². The van der Waals surface area contributed by atoms with Gasteiger partial charge in [-0.3, -0.25) is 0 Å². The first-order valence-electron chi connectivity index (χ1n) is 7.45. The molecule has 2 nitrogen and oxygen atoms in total. The van der Waals surface area contributed by atoms with Crippen molar-refractivity contribution in [2.24, 2.45) is 0 Å². The first-order valence-corrected chi connectivity index (χ1v) is 7.45. The van der Waals surface area contributed by atoms with Gasteiger partial charge in [-0.05, 0) is 59.2 Å². The van der Waals surface area contributed by atoms with Gasteiger partial charge >= 0.3 is 0 Å².